The molecule has 0 radical (unpaired) electrons. The number of nitrogens with zero attached hydrogens (tertiary/aromatic N) is 1. The highest BCUT2D eigenvalue weighted by molar-refractivity contribution is 5.19. The third kappa shape index (κ3) is 3.33. The van der Waals surface area contributed by atoms with E-state index in [-0.39, 0.29) is 0 Å². The maximum Gasteiger partial charge on any atom is 0.0472 e. The number of nitrogens with one attached hydrogen (secondary N) is 1. The van der Waals surface area contributed by atoms with Crippen molar-refractivity contribution in [3.05, 3.63) is 35.9 Å². The second-order valence-corrected chi connectivity index (χ2v) is 5.37. The Labute approximate surface area is 111 Å². The van der Waals surface area contributed by atoms with Gasteiger partial charge in [-0.15, -0.1) is 0 Å². The van der Waals surface area contributed by atoms with Crippen LogP contribution in [0.5, 0.6) is 0 Å². The van der Waals surface area contributed by atoms with Crippen molar-refractivity contribution < 1.29 is 0 Å². The zero-order valence-corrected chi connectivity index (χ0v) is 11.7. The van der Waals surface area contributed by atoms with Crippen LogP contribution in [-0.4, -0.2) is 31.6 Å². The minimum absolute atomic E-state index is 0.516. The van der Waals surface area contributed by atoms with Gasteiger partial charge in [0.2, 0.25) is 0 Å². The molecule has 0 amide bonds. The van der Waals surface area contributed by atoms with Crippen LogP contribution in [0.25, 0.3) is 0 Å². The maximum absolute atomic E-state index is 3.35. The van der Waals surface area contributed by atoms with Crippen LogP contribution in [0.4, 0.5) is 0 Å². The monoisotopic (exact) mass is 246 g/mol. The van der Waals surface area contributed by atoms with Gasteiger partial charge in [-0.3, -0.25) is 4.90 Å². The zero-order valence-electron chi connectivity index (χ0n) is 11.7. The molecule has 1 aromatic carbocycles. The highest BCUT2D eigenvalue weighted by Crippen LogP contribution is 2.30. The van der Waals surface area contributed by atoms with E-state index in [2.05, 4.69) is 47.5 Å². The summed E-state index contributed by atoms with van der Waals surface area (Å²) >= 11 is 0. The average Bonchev–Trinajstić information content (AvgIpc) is 2.37. The van der Waals surface area contributed by atoms with E-state index < -0.39 is 0 Å². The average molecular weight is 246 g/mol. The molecule has 18 heavy (non-hydrogen) atoms. The molecule has 0 heterocycles. The summed E-state index contributed by atoms with van der Waals surface area (Å²) < 4.78 is 0. The molecule has 0 aliphatic heterocycles. The molecule has 0 bridgehead atoms. The molecule has 2 heteroatoms. The van der Waals surface area contributed by atoms with Gasteiger partial charge in [-0.05, 0) is 37.9 Å². The fourth-order valence-electron chi connectivity index (χ4n) is 2.81. The summed E-state index contributed by atoms with van der Waals surface area (Å²) in [7, 11) is 2.05. The lowest BCUT2D eigenvalue weighted by Gasteiger charge is -2.37. The molecule has 0 saturated heterocycles. The van der Waals surface area contributed by atoms with Crippen LogP contribution in [-0.2, 0) is 0 Å². The van der Waals surface area contributed by atoms with E-state index in [0.717, 1.165) is 19.0 Å². The zero-order chi connectivity index (χ0) is 12.8. The summed E-state index contributed by atoms with van der Waals surface area (Å²) in [6.07, 6.45) is 4.29. The SMILES string of the molecule is CCN(CC1CCC1)C(CNC)c1ccccc1. The summed E-state index contributed by atoms with van der Waals surface area (Å²) in [6.45, 7) is 5.71. The number of hydrogen-bond acceptors (Lipinski definition) is 2. The van der Waals surface area contributed by atoms with Crippen molar-refractivity contribution in [3.8, 4) is 0 Å². The first kappa shape index (κ1) is 13.6. The Hall–Kier alpha value is -0.860. The van der Waals surface area contributed by atoms with E-state index in [1.165, 1.54) is 31.4 Å². The van der Waals surface area contributed by atoms with Crippen LogP contribution in [0.15, 0.2) is 30.3 Å². The Bertz CT molecular complexity index is 332. The van der Waals surface area contributed by atoms with E-state index in [9.17, 15) is 0 Å². The normalized spacial score (nSPS) is 17.7. The van der Waals surface area contributed by atoms with Crippen LogP contribution < -0.4 is 5.32 Å². The molecular formula is C16H26N2. The fourth-order valence-corrected chi connectivity index (χ4v) is 2.81. The molecule has 0 aromatic heterocycles. The van der Waals surface area contributed by atoms with E-state index >= 15 is 0 Å². The lowest BCUT2D eigenvalue weighted by molar-refractivity contribution is 0.137. The minimum Gasteiger partial charge on any atom is -0.318 e. The van der Waals surface area contributed by atoms with Crippen LogP contribution >= 0.6 is 0 Å². The Balaban J connectivity index is 2.06. The molecule has 2 nitrogen and oxygen atoms in total. The van der Waals surface area contributed by atoms with Crippen LogP contribution in [0.1, 0.15) is 37.8 Å². The number of likely N-dealkylation sites (N-methyl/N-ethyl adjacent to an activating group) is 2. The first-order valence-electron chi connectivity index (χ1n) is 7.28. The van der Waals surface area contributed by atoms with Gasteiger partial charge in [-0.2, -0.15) is 0 Å². The van der Waals surface area contributed by atoms with Gasteiger partial charge in [0.25, 0.3) is 0 Å². The van der Waals surface area contributed by atoms with Crippen molar-refractivity contribution in [1.29, 1.82) is 0 Å². The molecule has 0 spiro atoms. The van der Waals surface area contributed by atoms with Crippen molar-refractivity contribution in [2.75, 3.05) is 26.7 Å². The molecule has 100 valence electrons. The Morgan fingerprint density at radius 3 is 2.50 bits per heavy atom. The highest BCUT2D eigenvalue weighted by atomic mass is 15.2. The second-order valence-electron chi connectivity index (χ2n) is 5.37. The van der Waals surface area contributed by atoms with Crippen molar-refractivity contribution in [2.45, 2.75) is 32.2 Å². The Morgan fingerprint density at radius 2 is 2.00 bits per heavy atom. The molecule has 1 aliphatic rings. The summed E-state index contributed by atoms with van der Waals surface area (Å²) in [4.78, 5) is 2.63. The summed E-state index contributed by atoms with van der Waals surface area (Å²) in [6, 6.07) is 11.4. The van der Waals surface area contributed by atoms with Crippen molar-refractivity contribution in [1.82, 2.24) is 10.2 Å². The van der Waals surface area contributed by atoms with E-state index in [0.29, 0.717) is 6.04 Å². The van der Waals surface area contributed by atoms with E-state index in [1.807, 2.05) is 7.05 Å². The maximum atomic E-state index is 3.35. The van der Waals surface area contributed by atoms with Gasteiger partial charge >= 0.3 is 0 Å². The van der Waals surface area contributed by atoms with Gasteiger partial charge < -0.3 is 5.32 Å². The summed E-state index contributed by atoms with van der Waals surface area (Å²) in [5.74, 6) is 0.938. The Morgan fingerprint density at radius 1 is 1.28 bits per heavy atom. The molecule has 1 aliphatic carbocycles. The van der Waals surface area contributed by atoms with Gasteiger partial charge in [-0.25, -0.2) is 0 Å². The lowest BCUT2D eigenvalue weighted by Crippen LogP contribution is -2.39. The largest absolute Gasteiger partial charge is 0.318 e. The molecule has 1 fully saturated rings. The topological polar surface area (TPSA) is 15.3 Å². The smallest absolute Gasteiger partial charge is 0.0472 e. The van der Waals surface area contributed by atoms with Gasteiger partial charge in [-0.1, -0.05) is 43.7 Å². The second kappa shape index (κ2) is 6.91. The van der Waals surface area contributed by atoms with E-state index in [4.69, 9.17) is 0 Å². The number of benzene rings is 1. The summed E-state index contributed by atoms with van der Waals surface area (Å²) in [5, 5.41) is 3.35. The van der Waals surface area contributed by atoms with Crippen molar-refractivity contribution in [3.63, 3.8) is 0 Å². The first-order valence-corrected chi connectivity index (χ1v) is 7.28. The molecule has 2 rings (SSSR count). The third-order valence-corrected chi connectivity index (χ3v) is 4.15. The third-order valence-electron chi connectivity index (χ3n) is 4.15. The molecule has 1 aromatic rings. The predicted molar refractivity (Wildman–Crippen MR) is 77.7 cm³/mol. The predicted octanol–water partition coefficient (Wildman–Crippen LogP) is 3.07. The molecule has 1 N–H and O–H groups in total. The van der Waals surface area contributed by atoms with Gasteiger partial charge in [0, 0.05) is 19.1 Å². The van der Waals surface area contributed by atoms with Crippen molar-refractivity contribution >= 4 is 0 Å². The molecule has 1 atom stereocenters. The number of rotatable bonds is 7. The van der Waals surface area contributed by atoms with Crippen molar-refractivity contribution in [2.24, 2.45) is 5.92 Å². The molecule has 1 saturated carbocycles. The first-order chi connectivity index (χ1) is 8.85. The fraction of sp³-hybridized carbons (Fsp3) is 0.625. The van der Waals surface area contributed by atoms with E-state index in [1.54, 1.807) is 0 Å². The quantitative estimate of drug-likeness (QED) is 0.795. The molecule has 1 unspecified atom stereocenters. The van der Waals surface area contributed by atoms with Gasteiger partial charge in [0.05, 0.1) is 0 Å². The van der Waals surface area contributed by atoms with Gasteiger partial charge in [0.15, 0.2) is 0 Å². The number of hydrogen-bond donors (Lipinski definition) is 1. The highest BCUT2D eigenvalue weighted by Gasteiger charge is 2.24. The molecular weight excluding hydrogens is 220 g/mol. The lowest BCUT2D eigenvalue weighted by atomic mass is 9.84. The summed E-state index contributed by atoms with van der Waals surface area (Å²) in [5.41, 5.74) is 1.44. The van der Waals surface area contributed by atoms with Gasteiger partial charge in [0.1, 0.15) is 0 Å². The Kier molecular flexibility index (Phi) is 5.21. The standard InChI is InChI=1S/C16H26N2/c1-3-18(13-14-8-7-9-14)16(12-17-2)15-10-5-4-6-11-15/h4-6,10-11,14,16-17H,3,7-9,12-13H2,1-2H3. The van der Waals surface area contributed by atoms with Crippen LogP contribution in [0, 0.1) is 5.92 Å². The van der Waals surface area contributed by atoms with Crippen LogP contribution in [0.3, 0.4) is 0 Å². The van der Waals surface area contributed by atoms with Crippen LogP contribution in [0.2, 0.25) is 0 Å². The minimum atomic E-state index is 0.516.